The maximum atomic E-state index is 14.1. The molecule has 1 unspecified atom stereocenters. The fourth-order valence-electron chi connectivity index (χ4n) is 2.85. The van der Waals surface area contributed by atoms with Gasteiger partial charge < -0.3 is 14.9 Å². The van der Waals surface area contributed by atoms with E-state index in [0.29, 0.717) is 18.7 Å². The third-order valence-electron chi connectivity index (χ3n) is 4.15. The summed E-state index contributed by atoms with van der Waals surface area (Å²) in [5, 5.41) is 9.50. The van der Waals surface area contributed by atoms with E-state index < -0.39 is 5.82 Å². The number of hydrogen-bond acceptors (Lipinski definition) is 3. The first-order chi connectivity index (χ1) is 10.9. The largest absolute Gasteiger partial charge is 0.505 e. The predicted molar refractivity (Wildman–Crippen MR) is 84.5 cm³/mol. The van der Waals surface area contributed by atoms with Gasteiger partial charge in [-0.05, 0) is 30.5 Å². The van der Waals surface area contributed by atoms with Gasteiger partial charge in [0.05, 0.1) is 6.54 Å². The Balaban J connectivity index is 2.06. The number of carbonyl (C=O) groups excluding carboxylic acids is 2. The number of amides is 2. The summed E-state index contributed by atoms with van der Waals surface area (Å²) in [4.78, 5) is 26.7. The highest BCUT2D eigenvalue weighted by molar-refractivity contribution is 5.90. The molecule has 1 saturated heterocycles. The van der Waals surface area contributed by atoms with Crippen LogP contribution in [-0.4, -0.2) is 53.4 Å². The van der Waals surface area contributed by atoms with Crippen LogP contribution in [-0.2, 0) is 9.59 Å². The second kappa shape index (κ2) is 7.26. The van der Waals surface area contributed by atoms with Gasteiger partial charge in [-0.25, -0.2) is 4.39 Å². The number of carbonyl (C=O) groups is 2. The minimum absolute atomic E-state index is 0.0277. The molecule has 1 fully saturated rings. The highest BCUT2D eigenvalue weighted by Gasteiger charge is 2.27. The Labute approximate surface area is 135 Å². The molecule has 0 spiro atoms. The maximum absolute atomic E-state index is 14.1. The molecule has 124 valence electrons. The summed E-state index contributed by atoms with van der Waals surface area (Å²) in [7, 11) is 1.54. The molecule has 1 heterocycles. The molecule has 1 aliphatic rings. The highest BCUT2D eigenvalue weighted by Crippen LogP contribution is 2.31. The van der Waals surface area contributed by atoms with E-state index in [2.05, 4.69) is 6.58 Å². The fraction of sp³-hybridized carbons (Fsp3) is 0.412. The van der Waals surface area contributed by atoms with Crippen LogP contribution in [0.2, 0.25) is 0 Å². The van der Waals surface area contributed by atoms with Crippen LogP contribution < -0.4 is 0 Å². The van der Waals surface area contributed by atoms with Crippen molar-refractivity contribution in [2.75, 3.05) is 26.7 Å². The van der Waals surface area contributed by atoms with Gasteiger partial charge >= 0.3 is 0 Å². The number of hydrogen-bond donors (Lipinski definition) is 1. The second-order valence-corrected chi connectivity index (χ2v) is 5.76. The zero-order valence-electron chi connectivity index (χ0n) is 13.2. The van der Waals surface area contributed by atoms with Crippen molar-refractivity contribution >= 4 is 11.8 Å². The normalized spacial score (nSPS) is 17.7. The summed E-state index contributed by atoms with van der Waals surface area (Å²) >= 11 is 0. The van der Waals surface area contributed by atoms with Gasteiger partial charge in [0, 0.05) is 26.1 Å². The van der Waals surface area contributed by atoms with E-state index in [9.17, 15) is 19.1 Å². The van der Waals surface area contributed by atoms with Crippen LogP contribution >= 0.6 is 0 Å². The lowest BCUT2D eigenvalue weighted by Gasteiger charge is -2.34. The fourth-order valence-corrected chi connectivity index (χ4v) is 2.85. The van der Waals surface area contributed by atoms with Crippen LogP contribution in [0.25, 0.3) is 0 Å². The Morgan fingerprint density at radius 2 is 2.26 bits per heavy atom. The van der Waals surface area contributed by atoms with Crippen molar-refractivity contribution in [1.29, 1.82) is 0 Å². The third kappa shape index (κ3) is 3.88. The predicted octanol–water partition coefficient (Wildman–Crippen LogP) is 1.88. The molecule has 5 nitrogen and oxygen atoms in total. The monoisotopic (exact) mass is 320 g/mol. The molecule has 1 atom stereocenters. The Bertz CT molecular complexity index is 618. The molecule has 0 saturated carbocycles. The van der Waals surface area contributed by atoms with Crippen LogP contribution in [0.3, 0.4) is 0 Å². The first kappa shape index (κ1) is 17.0. The molecule has 0 bridgehead atoms. The van der Waals surface area contributed by atoms with Gasteiger partial charge in [-0.1, -0.05) is 18.7 Å². The number of phenols is 1. The lowest BCUT2D eigenvalue weighted by Crippen LogP contribution is -2.44. The first-order valence-electron chi connectivity index (χ1n) is 7.56. The highest BCUT2D eigenvalue weighted by atomic mass is 19.1. The molecule has 2 rings (SSSR count). The molecular formula is C17H21FN2O3. The summed E-state index contributed by atoms with van der Waals surface area (Å²) in [5.41, 5.74) is 0.429. The Kier molecular flexibility index (Phi) is 5.36. The molecule has 2 amide bonds. The molecule has 0 aromatic heterocycles. The summed E-state index contributed by atoms with van der Waals surface area (Å²) in [5.74, 6) is -1.63. The molecule has 1 aliphatic heterocycles. The molecular weight excluding hydrogens is 299 g/mol. The van der Waals surface area contributed by atoms with Crippen LogP contribution in [0, 0.1) is 5.82 Å². The van der Waals surface area contributed by atoms with E-state index in [1.807, 2.05) is 0 Å². The number of nitrogens with zero attached hydrogens (tertiary/aromatic N) is 2. The summed E-state index contributed by atoms with van der Waals surface area (Å²) in [6.45, 7) is 4.34. The van der Waals surface area contributed by atoms with Gasteiger partial charge in [-0.2, -0.15) is 0 Å². The van der Waals surface area contributed by atoms with Gasteiger partial charge in [0.25, 0.3) is 0 Å². The topological polar surface area (TPSA) is 60.9 Å². The maximum Gasteiger partial charge on any atom is 0.246 e. The lowest BCUT2D eigenvalue weighted by atomic mass is 9.90. The standard InChI is InChI=1S/C17H21FN2O3/c1-3-15(22)19(2)11-16(23)20-9-5-6-12(10-20)13-7-4-8-14(21)17(13)18/h3-4,7-8,12,21H,1,5-6,9-11H2,2H3. The number of halogens is 1. The van der Waals surface area contributed by atoms with Gasteiger partial charge in [-0.15, -0.1) is 0 Å². The molecule has 0 radical (unpaired) electrons. The summed E-state index contributed by atoms with van der Waals surface area (Å²) < 4.78 is 14.1. The number of likely N-dealkylation sites (N-methyl/N-ethyl adjacent to an activating group) is 1. The van der Waals surface area contributed by atoms with E-state index in [1.54, 1.807) is 17.0 Å². The second-order valence-electron chi connectivity index (χ2n) is 5.76. The number of likely N-dealkylation sites (tertiary alicyclic amines) is 1. The first-order valence-corrected chi connectivity index (χ1v) is 7.56. The zero-order chi connectivity index (χ0) is 17.0. The van der Waals surface area contributed by atoms with Crippen molar-refractivity contribution < 1.29 is 19.1 Å². The molecule has 0 aliphatic carbocycles. The summed E-state index contributed by atoms with van der Waals surface area (Å²) in [6, 6.07) is 4.55. The summed E-state index contributed by atoms with van der Waals surface area (Å²) in [6.07, 6.45) is 2.67. The Hall–Kier alpha value is -2.37. The zero-order valence-corrected chi connectivity index (χ0v) is 13.2. The smallest absolute Gasteiger partial charge is 0.246 e. The van der Waals surface area contributed by atoms with Crippen LogP contribution in [0.1, 0.15) is 24.3 Å². The van der Waals surface area contributed by atoms with E-state index in [0.717, 1.165) is 18.9 Å². The van der Waals surface area contributed by atoms with Crippen molar-refractivity contribution in [3.8, 4) is 5.75 Å². The minimum atomic E-state index is -0.620. The quantitative estimate of drug-likeness (QED) is 0.862. The van der Waals surface area contributed by atoms with Gasteiger partial charge in [-0.3, -0.25) is 9.59 Å². The average molecular weight is 320 g/mol. The number of benzene rings is 1. The van der Waals surface area contributed by atoms with Crippen molar-refractivity contribution in [1.82, 2.24) is 9.80 Å². The molecule has 1 aromatic carbocycles. The van der Waals surface area contributed by atoms with Gasteiger partial charge in [0.1, 0.15) is 0 Å². The minimum Gasteiger partial charge on any atom is -0.505 e. The lowest BCUT2D eigenvalue weighted by molar-refractivity contribution is -0.138. The third-order valence-corrected chi connectivity index (χ3v) is 4.15. The van der Waals surface area contributed by atoms with Crippen LogP contribution in [0.4, 0.5) is 4.39 Å². The van der Waals surface area contributed by atoms with Crippen molar-refractivity contribution in [2.24, 2.45) is 0 Å². The van der Waals surface area contributed by atoms with Crippen molar-refractivity contribution in [3.63, 3.8) is 0 Å². The molecule has 1 N–H and O–H groups in total. The molecule has 6 heteroatoms. The van der Waals surface area contributed by atoms with E-state index in [1.165, 1.54) is 18.0 Å². The van der Waals surface area contributed by atoms with Gasteiger partial charge in [0.2, 0.25) is 11.8 Å². The Morgan fingerprint density at radius 1 is 1.52 bits per heavy atom. The molecule has 1 aromatic rings. The van der Waals surface area contributed by atoms with Crippen molar-refractivity contribution in [2.45, 2.75) is 18.8 Å². The SMILES string of the molecule is C=CC(=O)N(C)CC(=O)N1CCCC(c2cccc(O)c2F)C1. The van der Waals surface area contributed by atoms with E-state index in [4.69, 9.17) is 0 Å². The van der Waals surface area contributed by atoms with Crippen LogP contribution in [0.5, 0.6) is 5.75 Å². The Morgan fingerprint density at radius 3 is 2.96 bits per heavy atom. The van der Waals surface area contributed by atoms with Gasteiger partial charge in [0.15, 0.2) is 11.6 Å². The number of piperidine rings is 1. The van der Waals surface area contributed by atoms with E-state index >= 15 is 0 Å². The average Bonchev–Trinajstić information content (AvgIpc) is 2.56. The number of aromatic hydroxyl groups is 1. The van der Waals surface area contributed by atoms with Crippen LogP contribution in [0.15, 0.2) is 30.9 Å². The number of rotatable bonds is 4. The molecule has 23 heavy (non-hydrogen) atoms. The number of phenolic OH excluding ortho intramolecular Hbond substituents is 1. The van der Waals surface area contributed by atoms with Crippen molar-refractivity contribution in [3.05, 3.63) is 42.2 Å². The van der Waals surface area contributed by atoms with E-state index in [-0.39, 0.29) is 30.0 Å².